The second-order valence-corrected chi connectivity index (χ2v) is 10.4. The van der Waals surface area contributed by atoms with E-state index in [9.17, 15) is 9.59 Å². The van der Waals surface area contributed by atoms with Crippen molar-refractivity contribution in [2.24, 2.45) is 0 Å². The summed E-state index contributed by atoms with van der Waals surface area (Å²) in [4.78, 5) is 30.7. The largest absolute Gasteiger partial charge is 0.310 e. The van der Waals surface area contributed by atoms with Crippen molar-refractivity contribution in [1.29, 1.82) is 0 Å². The van der Waals surface area contributed by atoms with Crippen molar-refractivity contribution >= 4 is 55.1 Å². The standard InChI is InChI=1S/C27H28Br2N2O2/c1-3-4-5-6-7-8-17-31-25(19-11-15-21(29)16-12-19)23-22(27(31)33)24(30(2)26(23)32)18-9-13-20(28)14-10-18/h9-16H,3-8,17H2,1-2H3. The van der Waals surface area contributed by atoms with Gasteiger partial charge in [0.2, 0.25) is 0 Å². The first kappa shape index (κ1) is 24.0. The molecule has 0 N–H and O–H groups in total. The highest BCUT2D eigenvalue weighted by Crippen LogP contribution is 2.46. The van der Waals surface area contributed by atoms with Crippen molar-refractivity contribution in [2.45, 2.75) is 45.4 Å². The lowest BCUT2D eigenvalue weighted by Crippen LogP contribution is -2.29. The van der Waals surface area contributed by atoms with Gasteiger partial charge in [-0.05, 0) is 41.8 Å². The normalized spacial score (nSPS) is 15.9. The Bertz CT molecular complexity index is 1120. The van der Waals surface area contributed by atoms with Gasteiger partial charge in [-0.25, -0.2) is 0 Å². The van der Waals surface area contributed by atoms with E-state index < -0.39 is 0 Å². The first-order chi connectivity index (χ1) is 15.9. The summed E-state index contributed by atoms with van der Waals surface area (Å²) in [5.74, 6) is -0.202. The van der Waals surface area contributed by atoms with E-state index >= 15 is 0 Å². The summed E-state index contributed by atoms with van der Waals surface area (Å²) in [7, 11) is 1.75. The summed E-state index contributed by atoms with van der Waals surface area (Å²) in [6.45, 7) is 2.83. The molecule has 2 aliphatic rings. The van der Waals surface area contributed by atoms with Crippen LogP contribution in [0.4, 0.5) is 0 Å². The van der Waals surface area contributed by atoms with Gasteiger partial charge in [0.25, 0.3) is 11.8 Å². The van der Waals surface area contributed by atoms with Gasteiger partial charge < -0.3 is 9.80 Å². The topological polar surface area (TPSA) is 40.6 Å². The van der Waals surface area contributed by atoms with Gasteiger partial charge >= 0.3 is 0 Å². The van der Waals surface area contributed by atoms with Crippen molar-refractivity contribution in [2.75, 3.05) is 13.6 Å². The van der Waals surface area contributed by atoms with Crippen LogP contribution < -0.4 is 0 Å². The lowest BCUT2D eigenvalue weighted by Gasteiger charge is -2.23. The van der Waals surface area contributed by atoms with Crippen LogP contribution >= 0.6 is 31.9 Å². The number of unbranched alkanes of at least 4 members (excludes halogenated alkanes) is 5. The maximum Gasteiger partial charge on any atom is 0.261 e. The van der Waals surface area contributed by atoms with Crippen LogP contribution in [0.1, 0.15) is 56.6 Å². The number of benzene rings is 2. The average Bonchev–Trinajstić information content (AvgIpc) is 3.23. The van der Waals surface area contributed by atoms with Crippen molar-refractivity contribution in [1.82, 2.24) is 9.80 Å². The van der Waals surface area contributed by atoms with Crippen LogP contribution in [0.2, 0.25) is 0 Å². The molecule has 0 aliphatic carbocycles. The molecule has 172 valence electrons. The molecule has 0 fully saturated rings. The van der Waals surface area contributed by atoms with E-state index in [-0.39, 0.29) is 11.8 Å². The third kappa shape index (κ3) is 4.73. The van der Waals surface area contributed by atoms with Crippen LogP contribution in [0.3, 0.4) is 0 Å². The molecule has 0 radical (unpaired) electrons. The van der Waals surface area contributed by atoms with Crippen LogP contribution in [0, 0.1) is 0 Å². The lowest BCUT2D eigenvalue weighted by molar-refractivity contribution is -0.123. The summed E-state index contributed by atoms with van der Waals surface area (Å²) >= 11 is 6.96. The van der Waals surface area contributed by atoms with E-state index in [2.05, 4.69) is 38.8 Å². The van der Waals surface area contributed by atoms with Gasteiger partial charge in [0.15, 0.2) is 0 Å². The summed E-state index contributed by atoms with van der Waals surface area (Å²) in [6.07, 6.45) is 6.88. The van der Waals surface area contributed by atoms with Crippen molar-refractivity contribution in [3.63, 3.8) is 0 Å². The predicted molar refractivity (Wildman–Crippen MR) is 140 cm³/mol. The molecule has 0 bridgehead atoms. The third-order valence-corrected chi connectivity index (χ3v) is 7.33. The number of rotatable bonds is 9. The molecule has 2 amide bonds. The first-order valence-electron chi connectivity index (χ1n) is 11.5. The van der Waals surface area contributed by atoms with Gasteiger partial charge in [0.05, 0.1) is 22.5 Å². The van der Waals surface area contributed by atoms with E-state index in [1.54, 1.807) is 11.9 Å². The fourth-order valence-corrected chi connectivity index (χ4v) is 5.11. The number of carbonyl (C=O) groups is 2. The monoisotopic (exact) mass is 570 g/mol. The molecule has 0 spiro atoms. The van der Waals surface area contributed by atoms with E-state index in [1.807, 2.05) is 53.4 Å². The minimum Gasteiger partial charge on any atom is -0.310 e. The van der Waals surface area contributed by atoms with Crippen molar-refractivity contribution in [3.05, 3.63) is 79.7 Å². The van der Waals surface area contributed by atoms with Gasteiger partial charge in [-0.3, -0.25) is 9.59 Å². The maximum atomic E-state index is 13.8. The summed E-state index contributed by atoms with van der Waals surface area (Å²) in [5.41, 5.74) is 4.22. The Kier molecular flexibility index (Phi) is 7.55. The molecular weight excluding hydrogens is 544 g/mol. The highest BCUT2D eigenvalue weighted by Gasteiger charge is 2.47. The number of fused-ring (bicyclic) bond motifs is 1. The molecule has 2 aromatic carbocycles. The highest BCUT2D eigenvalue weighted by molar-refractivity contribution is 9.10. The number of likely N-dealkylation sites (N-methyl/N-ethyl adjacent to an activating group) is 1. The second-order valence-electron chi connectivity index (χ2n) is 8.55. The van der Waals surface area contributed by atoms with Gasteiger partial charge in [0, 0.05) is 22.5 Å². The van der Waals surface area contributed by atoms with Crippen LogP contribution in [0.5, 0.6) is 0 Å². The summed E-state index contributed by atoms with van der Waals surface area (Å²) < 4.78 is 1.92. The van der Waals surface area contributed by atoms with Gasteiger partial charge in [-0.15, -0.1) is 0 Å². The molecule has 0 unspecified atom stereocenters. The SMILES string of the molecule is CCCCCCCCN1C(=O)C2=C(c3ccc(Br)cc3)N(C)C(=O)C2=C1c1ccc(Br)cc1. The number of nitrogens with zero attached hydrogens (tertiary/aromatic N) is 2. The maximum absolute atomic E-state index is 13.8. The fourth-order valence-electron chi connectivity index (χ4n) is 4.58. The molecule has 0 atom stereocenters. The van der Waals surface area contributed by atoms with Crippen molar-refractivity contribution in [3.8, 4) is 0 Å². The first-order valence-corrected chi connectivity index (χ1v) is 13.1. The second kappa shape index (κ2) is 10.4. The third-order valence-electron chi connectivity index (χ3n) is 6.28. The van der Waals surface area contributed by atoms with Gasteiger partial charge in [-0.2, -0.15) is 0 Å². The Hall–Kier alpha value is -2.18. The summed E-state index contributed by atoms with van der Waals surface area (Å²) in [5, 5.41) is 0. The van der Waals surface area contributed by atoms with Crippen LogP contribution in [-0.4, -0.2) is 35.2 Å². The molecule has 33 heavy (non-hydrogen) atoms. The van der Waals surface area contributed by atoms with Crippen LogP contribution in [0.25, 0.3) is 11.4 Å². The Balaban J connectivity index is 1.75. The Labute approximate surface area is 212 Å². The quantitative estimate of drug-likeness (QED) is 0.304. The Morgan fingerprint density at radius 1 is 0.667 bits per heavy atom. The van der Waals surface area contributed by atoms with E-state index in [4.69, 9.17) is 0 Å². The van der Waals surface area contributed by atoms with Gasteiger partial charge in [0.1, 0.15) is 0 Å². The van der Waals surface area contributed by atoms with E-state index in [0.717, 1.165) is 38.6 Å². The average molecular weight is 572 g/mol. The molecule has 2 aromatic rings. The molecule has 2 aliphatic heterocycles. The van der Waals surface area contributed by atoms with Gasteiger partial charge in [-0.1, -0.05) is 95.2 Å². The zero-order chi connectivity index (χ0) is 23.5. The molecule has 6 heteroatoms. The number of halogens is 2. The molecule has 2 heterocycles. The lowest BCUT2D eigenvalue weighted by atomic mass is 10.0. The highest BCUT2D eigenvalue weighted by atomic mass is 79.9. The molecule has 0 saturated heterocycles. The number of amides is 2. The van der Waals surface area contributed by atoms with E-state index in [0.29, 0.717) is 23.4 Å². The molecule has 4 nitrogen and oxygen atoms in total. The number of hydrogen-bond acceptors (Lipinski definition) is 2. The molecular formula is C27H28Br2N2O2. The molecule has 0 saturated carbocycles. The van der Waals surface area contributed by atoms with Crippen LogP contribution in [-0.2, 0) is 9.59 Å². The Morgan fingerprint density at radius 2 is 1.15 bits per heavy atom. The minimum atomic E-state index is -0.125. The van der Waals surface area contributed by atoms with Crippen LogP contribution in [0.15, 0.2) is 68.6 Å². The predicted octanol–water partition coefficient (Wildman–Crippen LogP) is 7.01. The fraction of sp³-hybridized carbons (Fsp3) is 0.333. The van der Waals surface area contributed by atoms with Crippen molar-refractivity contribution < 1.29 is 9.59 Å². The smallest absolute Gasteiger partial charge is 0.261 e. The molecule has 0 aromatic heterocycles. The zero-order valence-corrected chi connectivity index (χ0v) is 22.2. The van der Waals surface area contributed by atoms with E-state index in [1.165, 1.54) is 25.7 Å². The Morgan fingerprint density at radius 3 is 1.73 bits per heavy atom. The summed E-state index contributed by atoms with van der Waals surface area (Å²) in [6, 6.07) is 15.6. The number of carbonyl (C=O) groups excluding carboxylic acids is 2. The molecule has 4 rings (SSSR count). The minimum absolute atomic E-state index is 0.0768. The number of hydrogen-bond donors (Lipinski definition) is 0. The zero-order valence-electron chi connectivity index (χ0n) is 19.0.